The first kappa shape index (κ1) is 43.9. The van der Waals surface area contributed by atoms with E-state index in [1.165, 1.54) is 123 Å². The molecule has 5 aromatic carbocycles. The van der Waals surface area contributed by atoms with Crippen LogP contribution in [0.3, 0.4) is 0 Å². The maximum absolute atomic E-state index is 9.19. The molecular formula is C54H64Cl2OSi2Zr. The van der Waals surface area contributed by atoms with Crippen LogP contribution >= 0.6 is 17.0 Å². The normalized spacial score (nSPS) is 17.4. The van der Waals surface area contributed by atoms with E-state index < -0.39 is 23.3 Å². The van der Waals surface area contributed by atoms with Gasteiger partial charge in [0.15, 0.2) is 0 Å². The van der Waals surface area contributed by atoms with E-state index >= 15 is 0 Å². The van der Waals surface area contributed by atoms with Crippen molar-refractivity contribution < 1.29 is 19.7 Å². The summed E-state index contributed by atoms with van der Waals surface area (Å²) in [5.41, 5.74) is 27.6. The molecule has 6 heteroatoms. The molecule has 0 spiro atoms. The van der Waals surface area contributed by atoms with E-state index in [-0.39, 0.29) is 18.3 Å². The van der Waals surface area contributed by atoms with Gasteiger partial charge in [-0.05, 0) is 0 Å². The van der Waals surface area contributed by atoms with Gasteiger partial charge in [-0.15, -0.1) is 0 Å². The van der Waals surface area contributed by atoms with Crippen molar-refractivity contribution in [3.8, 4) is 39.1 Å². The second kappa shape index (κ2) is 15.5. The van der Waals surface area contributed by atoms with Crippen LogP contribution in [0.15, 0.2) is 71.8 Å². The number of rotatable bonds is 7. The standard InChI is InChI=1S/C29H29.C23H27O.C2H8Si2.2ClH.Zr/c1-17-9-18(2)12-22(11-17)28-24-7-6-8-25(24)29(27-16-21(5)15-26(27)28)23-13-19(3)10-20(4)14-23;1-14-8-15(2)11-18(10-14)21-19-12-16(3)9-17(19)13-20(22(21)24-7)23(4,5)6;1-4(2)3;;;/h9-16H,6-8H2,1-5H3;8-13H,1-7H3;3-4H,1-2H3;2*1H;/q;;;;;+2/p-2. The SMILES string of the molecule is COc1c(C(C)(C)C)cc2c(c1-c1cc(C)cc(C)c1)C=C(C)[CH]2[Zr]([Cl])([Cl])(=[SiH][SiH](C)C)[CH]1C(C)=Cc2c(-c3cc(C)cc(C)c3)c3c(c(-c4cc(C)cc(C)c4)c21)CCC3. The van der Waals surface area contributed by atoms with Gasteiger partial charge in [0.25, 0.3) is 0 Å². The number of benzene rings is 5. The van der Waals surface area contributed by atoms with Crippen LogP contribution in [-0.4, -0.2) is 21.1 Å². The molecule has 0 saturated heterocycles. The van der Waals surface area contributed by atoms with Gasteiger partial charge in [-0.3, -0.25) is 0 Å². The molecule has 0 heterocycles. The second-order valence-corrected chi connectivity index (χ2v) is 67.3. The first-order valence-corrected chi connectivity index (χ1v) is 41.1. The predicted octanol–water partition coefficient (Wildman–Crippen LogP) is 15.3. The van der Waals surface area contributed by atoms with Crippen molar-refractivity contribution >= 4 is 43.2 Å². The molecule has 0 radical (unpaired) electrons. The van der Waals surface area contributed by atoms with E-state index in [1.54, 1.807) is 0 Å². The molecule has 0 saturated carbocycles. The fourth-order valence-corrected chi connectivity index (χ4v) is 104. The van der Waals surface area contributed by atoms with Crippen molar-refractivity contribution in [1.29, 1.82) is 0 Å². The zero-order valence-corrected chi connectivity index (χ0v) is 44.8. The Bertz CT molecular complexity index is 2730. The Morgan fingerprint density at radius 3 is 1.50 bits per heavy atom. The number of fused-ring (bicyclic) bond motifs is 3. The van der Waals surface area contributed by atoms with Crippen LogP contribution in [0.5, 0.6) is 5.75 Å². The summed E-state index contributed by atoms with van der Waals surface area (Å²) < 4.78 is 6.47. The molecule has 0 bridgehead atoms. The first-order valence-electron chi connectivity index (χ1n) is 22.1. The van der Waals surface area contributed by atoms with Crippen LogP contribution in [0.25, 0.3) is 45.5 Å². The van der Waals surface area contributed by atoms with Gasteiger partial charge in [-0.25, -0.2) is 0 Å². The van der Waals surface area contributed by atoms with Gasteiger partial charge in [0.05, 0.1) is 0 Å². The van der Waals surface area contributed by atoms with Crippen LogP contribution in [-0.2, 0) is 33.3 Å². The molecule has 1 nitrogen and oxygen atoms in total. The van der Waals surface area contributed by atoms with E-state index in [2.05, 4.69) is 162 Å². The molecule has 3 aliphatic carbocycles. The Hall–Kier alpha value is -2.72. The zero-order valence-electron chi connectivity index (χ0n) is 38.5. The van der Waals surface area contributed by atoms with E-state index in [4.69, 9.17) is 4.74 Å². The van der Waals surface area contributed by atoms with Gasteiger partial charge in [-0.1, -0.05) is 0 Å². The summed E-state index contributed by atoms with van der Waals surface area (Å²) in [5, 5.41) is 0. The third kappa shape index (κ3) is 7.31. The summed E-state index contributed by atoms with van der Waals surface area (Å²) in [4.78, 5) is 0. The van der Waals surface area contributed by atoms with Crippen LogP contribution in [0, 0.1) is 41.5 Å². The average molecular weight is 947 g/mol. The second-order valence-electron chi connectivity index (χ2n) is 20.4. The molecule has 3 aliphatic rings. The topological polar surface area (TPSA) is 9.23 Å². The van der Waals surface area contributed by atoms with E-state index in [9.17, 15) is 17.0 Å². The van der Waals surface area contributed by atoms with Crippen molar-refractivity contribution in [2.24, 2.45) is 0 Å². The van der Waals surface area contributed by atoms with Gasteiger partial charge in [-0.2, -0.15) is 0 Å². The summed E-state index contributed by atoms with van der Waals surface area (Å²) in [5.74, 6) is 0.966. The maximum atomic E-state index is 9.19. The van der Waals surface area contributed by atoms with Gasteiger partial charge in [0.1, 0.15) is 0 Å². The molecule has 8 rings (SSSR count). The molecular weight excluding hydrogens is 883 g/mol. The molecule has 0 fully saturated rings. The first-order chi connectivity index (χ1) is 28.1. The summed E-state index contributed by atoms with van der Waals surface area (Å²) >= 11 is -5.19. The third-order valence-electron chi connectivity index (χ3n) is 13.6. The summed E-state index contributed by atoms with van der Waals surface area (Å²) in [6.45, 7) is 30.1. The number of hydrogen-bond donors (Lipinski definition) is 0. The van der Waals surface area contributed by atoms with Gasteiger partial charge >= 0.3 is 374 Å². The van der Waals surface area contributed by atoms with Gasteiger partial charge in [0.2, 0.25) is 0 Å². The number of ether oxygens (including phenoxy) is 1. The van der Waals surface area contributed by atoms with Crippen molar-refractivity contribution in [3.63, 3.8) is 0 Å². The van der Waals surface area contributed by atoms with Crippen LogP contribution < -0.4 is 4.74 Å². The molecule has 0 N–H and O–H groups in total. The quantitative estimate of drug-likeness (QED) is 0.148. The molecule has 0 aliphatic heterocycles. The number of allylic oxidation sites excluding steroid dienone is 2. The summed E-state index contributed by atoms with van der Waals surface area (Å²) in [7, 11) is 19.0. The average Bonchev–Trinajstić information content (AvgIpc) is 3.82. The summed E-state index contributed by atoms with van der Waals surface area (Å²) in [6, 6.07) is 23.8. The van der Waals surface area contributed by atoms with E-state index in [0.717, 1.165) is 18.6 Å². The fourth-order valence-electron chi connectivity index (χ4n) is 12.0. The van der Waals surface area contributed by atoms with Crippen molar-refractivity contribution in [2.45, 2.75) is 121 Å². The Kier molecular flexibility index (Phi) is 11.4. The molecule has 2 unspecified atom stereocenters. The Balaban J connectivity index is 1.52. The monoisotopic (exact) mass is 944 g/mol. The molecule has 5 aromatic rings. The molecule has 312 valence electrons. The molecule has 2 atom stereocenters. The Morgan fingerprint density at radius 1 is 0.600 bits per heavy atom. The van der Waals surface area contributed by atoms with Crippen molar-refractivity contribution in [1.82, 2.24) is 0 Å². The fraction of sp³-hybridized carbons (Fsp3) is 0.370. The van der Waals surface area contributed by atoms with Crippen LogP contribution in [0.2, 0.25) is 13.1 Å². The molecule has 0 amide bonds. The van der Waals surface area contributed by atoms with Gasteiger partial charge in [0, 0.05) is 0 Å². The van der Waals surface area contributed by atoms with E-state index in [0.29, 0.717) is 0 Å². The number of methoxy groups -OCH3 is 1. The van der Waals surface area contributed by atoms with Crippen LogP contribution in [0.4, 0.5) is 0 Å². The minimum absolute atomic E-state index is 0.00907. The number of aryl methyl sites for hydroxylation is 6. The number of halogens is 2. The third-order valence-corrected chi connectivity index (χ3v) is 79.3. The Labute approximate surface area is 371 Å². The Morgan fingerprint density at radius 2 is 1.03 bits per heavy atom. The number of hydrogen-bond acceptors (Lipinski definition) is 1. The predicted molar refractivity (Wildman–Crippen MR) is 265 cm³/mol. The van der Waals surface area contributed by atoms with Gasteiger partial charge < -0.3 is 0 Å². The minimum atomic E-state index is -5.19. The van der Waals surface area contributed by atoms with E-state index in [1.807, 2.05) is 7.11 Å². The zero-order chi connectivity index (χ0) is 43.4. The van der Waals surface area contributed by atoms with Crippen molar-refractivity contribution in [2.75, 3.05) is 7.11 Å². The van der Waals surface area contributed by atoms with Crippen LogP contribution in [0.1, 0.15) is 121 Å². The molecule has 60 heavy (non-hydrogen) atoms. The molecule has 0 aromatic heterocycles. The van der Waals surface area contributed by atoms with Crippen molar-refractivity contribution in [3.05, 3.63) is 144 Å². The summed E-state index contributed by atoms with van der Waals surface area (Å²) in [6.07, 6.45) is 8.36.